The summed E-state index contributed by atoms with van der Waals surface area (Å²) >= 11 is 0. The monoisotopic (exact) mass is 492 g/mol. The number of rotatable bonds is 9. The van der Waals surface area contributed by atoms with Gasteiger partial charge in [0.2, 0.25) is 11.7 Å². The van der Waals surface area contributed by atoms with E-state index in [0.29, 0.717) is 23.0 Å². The Labute approximate surface area is 206 Å². The Hall–Kier alpha value is -4.67. The van der Waals surface area contributed by atoms with Gasteiger partial charge in [0.05, 0.1) is 29.5 Å². The maximum atomic E-state index is 12.8. The van der Waals surface area contributed by atoms with E-state index in [-0.39, 0.29) is 36.7 Å². The van der Waals surface area contributed by atoms with Crippen molar-refractivity contribution in [3.8, 4) is 5.75 Å². The van der Waals surface area contributed by atoms with Crippen molar-refractivity contribution in [2.75, 3.05) is 13.2 Å². The smallest absolute Gasteiger partial charge is 0.338 e. The van der Waals surface area contributed by atoms with E-state index >= 15 is 0 Å². The lowest BCUT2D eigenvalue weighted by molar-refractivity contribution is -0.139. The number of hydrogen-bond donors (Lipinski definition) is 2. The number of amides is 2. The highest BCUT2D eigenvalue weighted by Gasteiger charge is 2.34. The summed E-state index contributed by atoms with van der Waals surface area (Å²) in [5.41, 5.74) is 1.26. The second kappa shape index (κ2) is 11.2. The van der Waals surface area contributed by atoms with Gasteiger partial charge >= 0.3 is 18.0 Å². The molecule has 0 bridgehead atoms. The third-order valence-electron chi connectivity index (χ3n) is 5.16. The van der Waals surface area contributed by atoms with E-state index in [1.165, 1.54) is 12.1 Å². The molecule has 36 heavy (non-hydrogen) atoms. The highest BCUT2D eigenvalue weighted by atomic mass is 16.5. The van der Waals surface area contributed by atoms with Gasteiger partial charge in [-0.1, -0.05) is 35.5 Å². The fourth-order valence-electron chi connectivity index (χ4n) is 3.53. The van der Waals surface area contributed by atoms with Gasteiger partial charge in [-0.2, -0.15) is 4.98 Å². The summed E-state index contributed by atoms with van der Waals surface area (Å²) in [6, 6.07) is 14.0. The largest absolute Gasteiger partial charge is 0.485 e. The van der Waals surface area contributed by atoms with Crippen LogP contribution < -0.4 is 15.4 Å². The first kappa shape index (κ1) is 24.5. The summed E-state index contributed by atoms with van der Waals surface area (Å²) in [5, 5.41) is 9.04. The van der Waals surface area contributed by atoms with Crippen molar-refractivity contribution < 1.29 is 33.1 Å². The lowest BCUT2D eigenvalue weighted by Gasteiger charge is -2.29. The van der Waals surface area contributed by atoms with E-state index in [4.69, 9.17) is 18.7 Å². The zero-order chi connectivity index (χ0) is 25.5. The topological polar surface area (TPSA) is 142 Å². The lowest BCUT2D eigenvalue weighted by atomic mass is 9.95. The predicted octanol–water partition coefficient (Wildman–Crippen LogP) is 2.99. The Morgan fingerprint density at radius 1 is 1.00 bits per heavy atom. The molecule has 2 N–H and O–H groups in total. The molecule has 4 rings (SSSR count). The summed E-state index contributed by atoms with van der Waals surface area (Å²) in [6.45, 7) is 3.29. The SMILES string of the molecule is CCOC(=O)C1=C(COC(=O)c2ccc(OCc3noc(C)n3)cc2)NC(=O)NC1c1ccccc1. The highest BCUT2D eigenvalue weighted by molar-refractivity contribution is 5.95. The third kappa shape index (κ3) is 5.87. The van der Waals surface area contributed by atoms with Gasteiger partial charge in [-0.15, -0.1) is 0 Å². The molecule has 11 heteroatoms. The first-order chi connectivity index (χ1) is 17.4. The minimum atomic E-state index is -0.757. The van der Waals surface area contributed by atoms with Crippen LogP contribution in [-0.2, 0) is 20.9 Å². The molecule has 0 aliphatic carbocycles. The van der Waals surface area contributed by atoms with Crippen LogP contribution in [0.4, 0.5) is 4.79 Å². The van der Waals surface area contributed by atoms with Crippen LogP contribution in [0.3, 0.4) is 0 Å². The number of esters is 2. The van der Waals surface area contributed by atoms with Crippen LogP contribution in [0, 0.1) is 6.92 Å². The maximum absolute atomic E-state index is 12.8. The van der Waals surface area contributed by atoms with Gasteiger partial charge in [0, 0.05) is 6.92 Å². The average molecular weight is 492 g/mol. The van der Waals surface area contributed by atoms with Crippen molar-refractivity contribution in [3.63, 3.8) is 0 Å². The van der Waals surface area contributed by atoms with Gasteiger partial charge in [-0.3, -0.25) is 0 Å². The number of carbonyl (C=O) groups excluding carboxylic acids is 3. The van der Waals surface area contributed by atoms with Gasteiger partial charge in [0.15, 0.2) is 6.61 Å². The van der Waals surface area contributed by atoms with Crippen LogP contribution >= 0.6 is 0 Å². The number of carbonyl (C=O) groups is 3. The third-order valence-corrected chi connectivity index (χ3v) is 5.16. The number of nitrogens with one attached hydrogen (secondary N) is 2. The van der Waals surface area contributed by atoms with Crippen molar-refractivity contribution in [1.82, 2.24) is 20.8 Å². The molecule has 1 aromatic heterocycles. The van der Waals surface area contributed by atoms with E-state index in [2.05, 4.69) is 20.8 Å². The first-order valence-corrected chi connectivity index (χ1v) is 11.2. The van der Waals surface area contributed by atoms with Gasteiger partial charge in [0.25, 0.3) is 0 Å². The van der Waals surface area contributed by atoms with Crippen LogP contribution in [0.1, 0.15) is 40.6 Å². The molecule has 1 atom stereocenters. The maximum Gasteiger partial charge on any atom is 0.338 e. The number of benzene rings is 2. The minimum absolute atomic E-state index is 0.113. The molecule has 1 unspecified atom stereocenters. The predicted molar refractivity (Wildman–Crippen MR) is 125 cm³/mol. The van der Waals surface area contributed by atoms with Gasteiger partial charge < -0.3 is 29.4 Å². The molecule has 0 fully saturated rings. The zero-order valence-corrected chi connectivity index (χ0v) is 19.6. The van der Waals surface area contributed by atoms with Crippen molar-refractivity contribution in [2.45, 2.75) is 26.5 Å². The van der Waals surface area contributed by atoms with Crippen LogP contribution in [0.25, 0.3) is 0 Å². The van der Waals surface area contributed by atoms with E-state index in [9.17, 15) is 14.4 Å². The summed E-state index contributed by atoms with van der Waals surface area (Å²) in [6.07, 6.45) is 0. The molecule has 0 saturated heterocycles. The van der Waals surface area contributed by atoms with Crippen molar-refractivity contribution in [2.24, 2.45) is 0 Å². The molecule has 186 valence electrons. The van der Waals surface area contributed by atoms with Crippen LogP contribution in [0.5, 0.6) is 5.75 Å². The normalized spacial score (nSPS) is 15.1. The Balaban J connectivity index is 1.46. The van der Waals surface area contributed by atoms with Gasteiger partial charge in [-0.05, 0) is 36.8 Å². The second-order valence-corrected chi connectivity index (χ2v) is 7.67. The summed E-state index contributed by atoms with van der Waals surface area (Å²) < 4.78 is 21.1. The molecule has 2 amide bonds. The molecule has 2 aromatic carbocycles. The molecule has 0 saturated carbocycles. The molecule has 1 aliphatic rings. The standard InChI is InChI=1S/C25H24N4O7/c1-3-33-24(31)21-19(27-25(32)28-22(21)16-7-5-4-6-8-16)13-35-23(30)17-9-11-18(12-10-17)34-14-20-26-15(2)36-29-20/h4-12,22H,3,13-14H2,1-2H3,(H2,27,28,32). The molecule has 1 aliphatic heterocycles. The number of ether oxygens (including phenoxy) is 3. The van der Waals surface area contributed by atoms with Crippen LogP contribution in [0.15, 0.2) is 70.4 Å². The Kier molecular flexibility index (Phi) is 7.59. The summed E-state index contributed by atoms with van der Waals surface area (Å²) in [4.78, 5) is 41.8. The Morgan fingerprint density at radius 3 is 2.42 bits per heavy atom. The molecular weight excluding hydrogens is 468 g/mol. The number of nitrogens with zero attached hydrogens (tertiary/aromatic N) is 2. The van der Waals surface area contributed by atoms with Crippen molar-refractivity contribution in [1.29, 1.82) is 0 Å². The number of urea groups is 1. The average Bonchev–Trinajstić information content (AvgIpc) is 3.31. The number of aromatic nitrogens is 2. The minimum Gasteiger partial charge on any atom is -0.485 e. The van der Waals surface area contributed by atoms with Gasteiger partial charge in [0.1, 0.15) is 12.4 Å². The molecule has 3 aromatic rings. The molecule has 0 spiro atoms. The summed E-state index contributed by atoms with van der Waals surface area (Å²) in [5.74, 6) is 0.0726. The lowest BCUT2D eigenvalue weighted by Crippen LogP contribution is -2.47. The number of hydrogen-bond acceptors (Lipinski definition) is 9. The van der Waals surface area contributed by atoms with Crippen LogP contribution in [-0.4, -0.2) is 41.3 Å². The molecule has 2 heterocycles. The Bertz CT molecular complexity index is 1270. The Morgan fingerprint density at radius 2 is 1.75 bits per heavy atom. The molecule has 11 nitrogen and oxygen atoms in total. The van der Waals surface area contributed by atoms with E-state index in [1.807, 2.05) is 6.07 Å². The second-order valence-electron chi connectivity index (χ2n) is 7.67. The van der Waals surface area contributed by atoms with Gasteiger partial charge in [-0.25, -0.2) is 14.4 Å². The van der Waals surface area contributed by atoms with Crippen LogP contribution in [0.2, 0.25) is 0 Å². The fourth-order valence-corrected chi connectivity index (χ4v) is 3.53. The highest BCUT2D eigenvalue weighted by Crippen LogP contribution is 2.28. The van der Waals surface area contributed by atoms with Crippen molar-refractivity contribution >= 4 is 18.0 Å². The fraction of sp³-hybridized carbons (Fsp3) is 0.240. The molecular formula is C25H24N4O7. The quantitative estimate of drug-likeness (QED) is 0.431. The number of aryl methyl sites for hydroxylation is 1. The first-order valence-electron chi connectivity index (χ1n) is 11.2. The molecule has 0 radical (unpaired) electrons. The van der Waals surface area contributed by atoms with E-state index in [1.54, 1.807) is 50.2 Å². The van der Waals surface area contributed by atoms with Crippen molar-refractivity contribution in [3.05, 3.63) is 88.7 Å². The summed E-state index contributed by atoms with van der Waals surface area (Å²) in [7, 11) is 0. The zero-order valence-electron chi connectivity index (χ0n) is 19.6. The van der Waals surface area contributed by atoms with E-state index in [0.717, 1.165) is 0 Å². The van der Waals surface area contributed by atoms with E-state index < -0.39 is 24.0 Å².